The molecule has 1 aliphatic heterocycles. The number of amides is 1. The van der Waals surface area contributed by atoms with Crippen LogP contribution in [-0.2, 0) is 11.3 Å². The summed E-state index contributed by atoms with van der Waals surface area (Å²) in [5.74, 6) is 1.01. The summed E-state index contributed by atoms with van der Waals surface area (Å²) in [4.78, 5) is 14.8. The second-order valence-corrected chi connectivity index (χ2v) is 6.44. The van der Waals surface area contributed by atoms with Gasteiger partial charge in [-0.15, -0.1) is 0 Å². The number of fused-ring (bicyclic) bond motifs is 1. The summed E-state index contributed by atoms with van der Waals surface area (Å²) >= 11 is 0. The molecule has 1 saturated carbocycles. The van der Waals surface area contributed by atoms with E-state index in [0.717, 1.165) is 25.4 Å². The summed E-state index contributed by atoms with van der Waals surface area (Å²) in [6.07, 6.45) is 6.24. The fourth-order valence-corrected chi connectivity index (χ4v) is 3.88. The summed E-state index contributed by atoms with van der Waals surface area (Å²) < 4.78 is 0. The van der Waals surface area contributed by atoms with Gasteiger partial charge in [-0.2, -0.15) is 0 Å². The van der Waals surface area contributed by atoms with Gasteiger partial charge < -0.3 is 10.2 Å². The van der Waals surface area contributed by atoms with E-state index in [1.165, 1.54) is 31.2 Å². The van der Waals surface area contributed by atoms with Crippen LogP contribution in [0.1, 0.15) is 44.6 Å². The van der Waals surface area contributed by atoms with Gasteiger partial charge in [-0.05, 0) is 37.7 Å². The summed E-state index contributed by atoms with van der Waals surface area (Å²) in [5, 5.41) is 3.60. The molecule has 1 aliphatic carbocycles. The van der Waals surface area contributed by atoms with Gasteiger partial charge in [-0.1, -0.05) is 43.2 Å². The van der Waals surface area contributed by atoms with Crippen molar-refractivity contribution in [2.24, 2.45) is 5.92 Å². The minimum absolute atomic E-state index is 0.0433. The monoisotopic (exact) mass is 286 g/mol. The first kappa shape index (κ1) is 14.6. The lowest BCUT2D eigenvalue weighted by atomic mass is 9.85. The predicted molar refractivity (Wildman–Crippen MR) is 84.8 cm³/mol. The average molecular weight is 286 g/mol. The molecule has 1 N–H and O–H groups in total. The van der Waals surface area contributed by atoms with Crippen LogP contribution >= 0.6 is 0 Å². The Balaban J connectivity index is 1.63. The third kappa shape index (κ3) is 3.29. The molecular weight excluding hydrogens is 260 g/mol. The maximum atomic E-state index is 12.8. The molecule has 0 aromatic heterocycles. The summed E-state index contributed by atoms with van der Waals surface area (Å²) in [6, 6.07) is 10.9. The highest BCUT2D eigenvalue weighted by molar-refractivity contribution is 5.82. The maximum Gasteiger partial charge on any atom is 0.240 e. The van der Waals surface area contributed by atoms with Gasteiger partial charge in [-0.25, -0.2) is 0 Å². The zero-order valence-electron chi connectivity index (χ0n) is 12.9. The molecule has 3 atom stereocenters. The quantitative estimate of drug-likeness (QED) is 0.923. The van der Waals surface area contributed by atoms with E-state index >= 15 is 0 Å². The van der Waals surface area contributed by atoms with Gasteiger partial charge in [0.2, 0.25) is 5.91 Å². The van der Waals surface area contributed by atoms with Gasteiger partial charge in [0.25, 0.3) is 0 Å². The molecule has 1 amide bonds. The van der Waals surface area contributed by atoms with E-state index in [2.05, 4.69) is 24.4 Å². The Labute approximate surface area is 127 Å². The highest BCUT2D eigenvalue weighted by Crippen LogP contribution is 2.33. The fraction of sp³-hybridized carbons (Fsp3) is 0.611. The van der Waals surface area contributed by atoms with Crippen molar-refractivity contribution in [3.05, 3.63) is 35.9 Å². The van der Waals surface area contributed by atoms with E-state index in [9.17, 15) is 4.79 Å². The van der Waals surface area contributed by atoms with Gasteiger partial charge >= 0.3 is 0 Å². The molecule has 3 unspecified atom stereocenters. The summed E-state index contributed by atoms with van der Waals surface area (Å²) in [7, 11) is 0. The molecule has 3 heteroatoms. The van der Waals surface area contributed by atoms with Gasteiger partial charge in [0.15, 0.2) is 0 Å². The molecule has 2 aliphatic rings. The molecule has 0 bridgehead atoms. The van der Waals surface area contributed by atoms with Gasteiger partial charge in [0.05, 0.1) is 6.04 Å². The SMILES string of the molecule is CCN(Cc1ccccc1)C(=O)C1CC2CCCCC2N1. The average Bonchev–Trinajstić information content (AvgIpc) is 2.97. The molecular formula is C18H26N2O. The number of nitrogens with zero attached hydrogens (tertiary/aromatic N) is 1. The number of nitrogens with one attached hydrogen (secondary N) is 1. The molecule has 1 aromatic rings. The van der Waals surface area contributed by atoms with Crippen LogP contribution in [0.3, 0.4) is 0 Å². The van der Waals surface area contributed by atoms with Crippen molar-refractivity contribution >= 4 is 5.91 Å². The largest absolute Gasteiger partial charge is 0.337 e. The van der Waals surface area contributed by atoms with E-state index in [1.54, 1.807) is 0 Å². The second kappa shape index (κ2) is 6.61. The van der Waals surface area contributed by atoms with Crippen LogP contribution in [0.25, 0.3) is 0 Å². The van der Waals surface area contributed by atoms with Crippen molar-refractivity contribution in [1.82, 2.24) is 10.2 Å². The highest BCUT2D eigenvalue weighted by atomic mass is 16.2. The minimum atomic E-state index is 0.0433. The lowest BCUT2D eigenvalue weighted by Crippen LogP contribution is -2.45. The van der Waals surface area contributed by atoms with Crippen LogP contribution in [0, 0.1) is 5.92 Å². The Morgan fingerprint density at radius 2 is 2.00 bits per heavy atom. The molecule has 2 fully saturated rings. The number of likely N-dealkylation sites (N-methyl/N-ethyl adjacent to an activating group) is 1. The third-order valence-electron chi connectivity index (χ3n) is 5.07. The summed E-state index contributed by atoms with van der Waals surface area (Å²) in [5.41, 5.74) is 1.21. The van der Waals surface area contributed by atoms with Gasteiger partial charge in [0, 0.05) is 19.1 Å². The Kier molecular flexibility index (Phi) is 4.59. The Bertz CT molecular complexity index is 459. The summed E-state index contributed by atoms with van der Waals surface area (Å²) in [6.45, 7) is 3.58. The standard InChI is InChI=1S/C18H26N2O/c1-2-20(13-14-8-4-3-5-9-14)18(21)17-12-15-10-6-7-11-16(15)19-17/h3-5,8-9,15-17,19H,2,6-7,10-13H2,1H3. The fourth-order valence-electron chi connectivity index (χ4n) is 3.88. The smallest absolute Gasteiger partial charge is 0.240 e. The van der Waals surface area contributed by atoms with Crippen molar-refractivity contribution in [2.75, 3.05) is 6.54 Å². The van der Waals surface area contributed by atoms with Crippen LogP contribution in [0.5, 0.6) is 0 Å². The topological polar surface area (TPSA) is 32.3 Å². The van der Waals surface area contributed by atoms with Crippen molar-refractivity contribution in [3.63, 3.8) is 0 Å². The van der Waals surface area contributed by atoms with Crippen LogP contribution in [0.15, 0.2) is 30.3 Å². The predicted octanol–water partition coefficient (Wildman–Crippen LogP) is 2.96. The molecule has 3 nitrogen and oxygen atoms in total. The zero-order chi connectivity index (χ0) is 14.7. The van der Waals surface area contributed by atoms with E-state index in [1.807, 2.05) is 23.1 Å². The van der Waals surface area contributed by atoms with Crippen molar-refractivity contribution < 1.29 is 4.79 Å². The van der Waals surface area contributed by atoms with Crippen LogP contribution in [0.2, 0.25) is 0 Å². The normalized spacial score (nSPS) is 28.1. The molecule has 21 heavy (non-hydrogen) atoms. The molecule has 0 spiro atoms. The molecule has 0 radical (unpaired) electrons. The maximum absolute atomic E-state index is 12.8. The van der Waals surface area contributed by atoms with Gasteiger partial charge in [0.1, 0.15) is 0 Å². The van der Waals surface area contributed by atoms with Crippen LogP contribution in [-0.4, -0.2) is 29.4 Å². The third-order valence-corrected chi connectivity index (χ3v) is 5.07. The van der Waals surface area contributed by atoms with Crippen LogP contribution < -0.4 is 5.32 Å². The van der Waals surface area contributed by atoms with E-state index in [-0.39, 0.29) is 11.9 Å². The number of carbonyl (C=O) groups is 1. The number of benzene rings is 1. The Morgan fingerprint density at radius 3 is 2.71 bits per heavy atom. The number of carbonyl (C=O) groups excluding carboxylic acids is 1. The first-order valence-corrected chi connectivity index (χ1v) is 8.36. The molecule has 1 aromatic carbocycles. The number of hydrogen-bond acceptors (Lipinski definition) is 2. The second-order valence-electron chi connectivity index (χ2n) is 6.44. The number of rotatable bonds is 4. The van der Waals surface area contributed by atoms with Crippen molar-refractivity contribution in [3.8, 4) is 0 Å². The minimum Gasteiger partial charge on any atom is -0.337 e. The zero-order valence-corrected chi connectivity index (χ0v) is 12.9. The first-order chi connectivity index (χ1) is 10.3. The molecule has 114 valence electrons. The van der Waals surface area contributed by atoms with Crippen molar-refractivity contribution in [1.29, 1.82) is 0 Å². The van der Waals surface area contributed by atoms with E-state index < -0.39 is 0 Å². The van der Waals surface area contributed by atoms with Gasteiger partial charge in [-0.3, -0.25) is 4.79 Å². The Hall–Kier alpha value is -1.35. The number of hydrogen-bond donors (Lipinski definition) is 1. The first-order valence-electron chi connectivity index (χ1n) is 8.36. The molecule has 1 heterocycles. The highest BCUT2D eigenvalue weighted by Gasteiger charge is 2.39. The lowest BCUT2D eigenvalue weighted by Gasteiger charge is -2.25. The van der Waals surface area contributed by atoms with E-state index in [4.69, 9.17) is 0 Å². The van der Waals surface area contributed by atoms with Crippen molar-refractivity contribution in [2.45, 2.75) is 57.7 Å². The van der Waals surface area contributed by atoms with Crippen LogP contribution in [0.4, 0.5) is 0 Å². The molecule has 1 saturated heterocycles. The Morgan fingerprint density at radius 1 is 1.24 bits per heavy atom. The lowest BCUT2D eigenvalue weighted by molar-refractivity contribution is -0.133. The van der Waals surface area contributed by atoms with E-state index in [0.29, 0.717) is 6.04 Å². The molecule has 3 rings (SSSR count).